The number of thioether (sulfide) groups is 1. The summed E-state index contributed by atoms with van der Waals surface area (Å²) in [5.41, 5.74) is 8.90. The number of rotatable bonds is 3. The minimum atomic E-state index is 0.539. The lowest BCUT2D eigenvalue weighted by Gasteiger charge is -2.05. The van der Waals surface area contributed by atoms with Crippen LogP contribution in [0.1, 0.15) is 11.1 Å². The average Bonchev–Trinajstić information content (AvgIpc) is 2.31. The van der Waals surface area contributed by atoms with E-state index in [-0.39, 0.29) is 0 Å². The Bertz CT molecular complexity index is 529. The fourth-order valence-corrected chi connectivity index (χ4v) is 2.57. The summed E-state index contributed by atoms with van der Waals surface area (Å²) in [6, 6.07) is 9.94. The Hall–Kier alpha value is -1.19. The molecule has 1 aromatic heterocycles. The van der Waals surface area contributed by atoms with Crippen LogP contribution in [0.5, 0.6) is 0 Å². The largest absolute Gasteiger partial charge is 0.399 e. The Morgan fingerprint density at radius 2 is 2.12 bits per heavy atom. The Balaban J connectivity index is 2.05. The van der Waals surface area contributed by atoms with Gasteiger partial charge in [-0.3, -0.25) is 0 Å². The van der Waals surface area contributed by atoms with E-state index in [0.717, 1.165) is 17.0 Å². The second-order valence-corrected chi connectivity index (χ2v) is 5.23. The van der Waals surface area contributed by atoms with Crippen molar-refractivity contribution in [2.75, 3.05) is 5.73 Å². The van der Waals surface area contributed by atoms with Gasteiger partial charge in [-0.2, -0.15) is 0 Å². The molecular weight excluding hydrogens is 252 g/mol. The Morgan fingerprint density at radius 1 is 1.29 bits per heavy atom. The zero-order chi connectivity index (χ0) is 12.3. The topological polar surface area (TPSA) is 38.9 Å². The fraction of sp³-hybridized carbons (Fsp3) is 0.154. The molecule has 17 heavy (non-hydrogen) atoms. The normalized spacial score (nSPS) is 10.5. The van der Waals surface area contributed by atoms with E-state index in [0.29, 0.717) is 5.15 Å². The standard InChI is InChI=1S/C13H13ClN2S/c1-9-6-11(2-3-12(9)15)17-8-10-4-5-16-13(14)7-10/h2-7H,8,15H2,1H3. The van der Waals surface area contributed by atoms with E-state index in [4.69, 9.17) is 17.3 Å². The van der Waals surface area contributed by atoms with Crippen LogP contribution in [0.4, 0.5) is 5.69 Å². The third kappa shape index (κ3) is 3.38. The first-order valence-electron chi connectivity index (χ1n) is 5.24. The third-order valence-corrected chi connectivity index (χ3v) is 3.71. The Kier molecular flexibility index (Phi) is 3.92. The van der Waals surface area contributed by atoms with Crippen LogP contribution in [-0.4, -0.2) is 4.98 Å². The average molecular weight is 265 g/mol. The molecule has 0 saturated carbocycles. The van der Waals surface area contributed by atoms with E-state index in [2.05, 4.69) is 11.1 Å². The number of aryl methyl sites for hydroxylation is 1. The van der Waals surface area contributed by atoms with Gasteiger partial charge in [0.15, 0.2) is 0 Å². The number of anilines is 1. The van der Waals surface area contributed by atoms with E-state index in [1.165, 1.54) is 10.5 Å². The van der Waals surface area contributed by atoms with Crippen molar-refractivity contribution in [1.82, 2.24) is 4.98 Å². The highest BCUT2D eigenvalue weighted by Crippen LogP contribution is 2.26. The second kappa shape index (κ2) is 5.43. The van der Waals surface area contributed by atoms with Gasteiger partial charge in [0.1, 0.15) is 5.15 Å². The van der Waals surface area contributed by atoms with Crippen molar-refractivity contribution in [3.05, 3.63) is 52.8 Å². The predicted octanol–water partition coefficient (Wildman–Crippen LogP) is 3.92. The van der Waals surface area contributed by atoms with Crippen molar-refractivity contribution in [2.45, 2.75) is 17.6 Å². The molecule has 0 spiro atoms. The lowest BCUT2D eigenvalue weighted by Crippen LogP contribution is -1.89. The van der Waals surface area contributed by atoms with E-state index < -0.39 is 0 Å². The van der Waals surface area contributed by atoms with Crippen LogP contribution in [0.2, 0.25) is 5.15 Å². The molecule has 1 heterocycles. The van der Waals surface area contributed by atoms with Gasteiger partial charge in [-0.15, -0.1) is 11.8 Å². The number of pyridine rings is 1. The first-order valence-corrected chi connectivity index (χ1v) is 6.61. The van der Waals surface area contributed by atoms with Crippen LogP contribution >= 0.6 is 23.4 Å². The summed E-state index contributed by atoms with van der Waals surface area (Å²) < 4.78 is 0. The molecule has 0 radical (unpaired) electrons. The van der Waals surface area contributed by atoms with Crippen molar-refractivity contribution in [2.24, 2.45) is 0 Å². The Labute approximate surface area is 110 Å². The third-order valence-electron chi connectivity index (χ3n) is 2.44. The van der Waals surface area contributed by atoms with Crippen LogP contribution in [0.25, 0.3) is 0 Å². The van der Waals surface area contributed by atoms with Gasteiger partial charge in [-0.05, 0) is 48.4 Å². The highest BCUT2D eigenvalue weighted by molar-refractivity contribution is 7.98. The summed E-state index contributed by atoms with van der Waals surface area (Å²) >= 11 is 7.60. The molecule has 0 saturated heterocycles. The van der Waals surface area contributed by atoms with Gasteiger partial charge in [-0.1, -0.05) is 11.6 Å². The van der Waals surface area contributed by atoms with Gasteiger partial charge in [0.05, 0.1) is 0 Å². The van der Waals surface area contributed by atoms with Crippen molar-refractivity contribution < 1.29 is 0 Å². The van der Waals surface area contributed by atoms with Gasteiger partial charge in [0, 0.05) is 22.5 Å². The van der Waals surface area contributed by atoms with E-state index in [1.54, 1.807) is 18.0 Å². The maximum atomic E-state index is 5.84. The van der Waals surface area contributed by atoms with E-state index in [1.807, 2.05) is 31.2 Å². The molecule has 1 aromatic carbocycles. The molecule has 0 unspecified atom stereocenters. The predicted molar refractivity (Wildman–Crippen MR) is 74.4 cm³/mol. The molecular formula is C13H13ClN2S. The molecule has 0 amide bonds. The molecule has 2 N–H and O–H groups in total. The number of nitrogens with zero attached hydrogens (tertiary/aromatic N) is 1. The summed E-state index contributed by atoms with van der Waals surface area (Å²) in [5, 5.41) is 0.539. The van der Waals surface area contributed by atoms with Gasteiger partial charge in [0.2, 0.25) is 0 Å². The number of aromatic nitrogens is 1. The molecule has 0 aliphatic heterocycles. The quantitative estimate of drug-likeness (QED) is 0.519. The lowest BCUT2D eigenvalue weighted by molar-refractivity contribution is 1.27. The zero-order valence-corrected chi connectivity index (χ0v) is 11.1. The molecule has 4 heteroatoms. The summed E-state index contributed by atoms with van der Waals surface area (Å²) in [4.78, 5) is 5.17. The molecule has 0 aliphatic carbocycles. The highest BCUT2D eigenvalue weighted by Gasteiger charge is 2.00. The number of hydrogen-bond acceptors (Lipinski definition) is 3. The van der Waals surface area contributed by atoms with Gasteiger partial charge in [-0.25, -0.2) is 4.98 Å². The first kappa shape index (κ1) is 12.3. The molecule has 0 bridgehead atoms. The van der Waals surface area contributed by atoms with E-state index in [9.17, 15) is 0 Å². The maximum Gasteiger partial charge on any atom is 0.129 e. The van der Waals surface area contributed by atoms with Gasteiger partial charge < -0.3 is 5.73 Å². The van der Waals surface area contributed by atoms with Crippen LogP contribution < -0.4 is 5.73 Å². The molecule has 0 atom stereocenters. The molecule has 88 valence electrons. The maximum absolute atomic E-state index is 5.84. The summed E-state index contributed by atoms with van der Waals surface area (Å²) in [5.74, 6) is 0.881. The van der Waals surface area contributed by atoms with Gasteiger partial charge >= 0.3 is 0 Å². The SMILES string of the molecule is Cc1cc(SCc2ccnc(Cl)c2)ccc1N. The summed E-state index contributed by atoms with van der Waals surface area (Å²) in [7, 11) is 0. The van der Waals surface area contributed by atoms with Crippen molar-refractivity contribution in [3.8, 4) is 0 Å². The van der Waals surface area contributed by atoms with Crippen molar-refractivity contribution in [1.29, 1.82) is 0 Å². The minimum absolute atomic E-state index is 0.539. The number of hydrogen-bond donors (Lipinski definition) is 1. The van der Waals surface area contributed by atoms with Gasteiger partial charge in [0.25, 0.3) is 0 Å². The van der Waals surface area contributed by atoms with Crippen LogP contribution in [0.15, 0.2) is 41.4 Å². The molecule has 2 nitrogen and oxygen atoms in total. The number of nitrogen functional groups attached to an aromatic ring is 1. The van der Waals surface area contributed by atoms with Crippen molar-refractivity contribution in [3.63, 3.8) is 0 Å². The smallest absolute Gasteiger partial charge is 0.129 e. The minimum Gasteiger partial charge on any atom is -0.399 e. The van der Waals surface area contributed by atoms with Crippen LogP contribution in [0.3, 0.4) is 0 Å². The monoisotopic (exact) mass is 264 g/mol. The molecule has 2 aromatic rings. The number of benzene rings is 1. The summed E-state index contributed by atoms with van der Waals surface area (Å²) in [6.45, 7) is 2.02. The second-order valence-electron chi connectivity index (χ2n) is 3.79. The highest BCUT2D eigenvalue weighted by atomic mass is 35.5. The molecule has 0 aliphatic rings. The Morgan fingerprint density at radius 3 is 2.82 bits per heavy atom. The molecule has 2 rings (SSSR count). The molecule has 0 fully saturated rings. The number of halogens is 1. The zero-order valence-electron chi connectivity index (χ0n) is 9.48. The van der Waals surface area contributed by atoms with Crippen molar-refractivity contribution >= 4 is 29.1 Å². The van der Waals surface area contributed by atoms with E-state index >= 15 is 0 Å². The fourth-order valence-electron chi connectivity index (χ4n) is 1.44. The lowest BCUT2D eigenvalue weighted by atomic mass is 10.2. The van der Waals surface area contributed by atoms with Crippen LogP contribution in [0, 0.1) is 6.92 Å². The first-order chi connectivity index (χ1) is 8.15. The van der Waals surface area contributed by atoms with Crippen LogP contribution in [-0.2, 0) is 5.75 Å². The number of nitrogens with two attached hydrogens (primary N) is 1. The summed E-state index contributed by atoms with van der Waals surface area (Å²) in [6.07, 6.45) is 1.73.